The summed E-state index contributed by atoms with van der Waals surface area (Å²) < 4.78 is 50.9. The molecule has 36 heavy (non-hydrogen) atoms. The van der Waals surface area contributed by atoms with Crippen LogP contribution in [0.4, 0.5) is 18.9 Å². The lowest BCUT2D eigenvalue weighted by Gasteiger charge is -2.26. The maximum Gasteiger partial charge on any atom is 0.416 e. The Hall–Kier alpha value is -4.27. The number of halogens is 3. The van der Waals surface area contributed by atoms with Crippen molar-refractivity contribution in [3.8, 4) is 11.5 Å². The van der Waals surface area contributed by atoms with Gasteiger partial charge in [-0.25, -0.2) is 0 Å². The highest BCUT2D eigenvalue weighted by atomic mass is 19.4. The van der Waals surface area contributed by atoms with Gasteiger partial charge in [-0.3, -0.25) is 14.5 Å². The van der Waals surface area contributed by atoms with Crippen LogP contribution in [-0.2, 0) is 15.8 Å². The quantitative estimate of drug-likeness (QED) is 0.280. The van der Waals surface area contributed by atoms with Crippen molar-refractivity contribution in [1.82, 2.24) is 0 Å². The number of aliphatic hydroxyl groups is 1. The van der Waals surface area contributed by atoms with Crippen LogP contribution >= 0.6 is 0 Å². The molecule has 0 radical (unpaired) electrons. The van der Waals surface area contributed by atoms with Crippen molar-refractivity contribution in [3.63, 3.8) is 0 Å². The maximum absolute atomic E-state index is 13.4. The number of benzene rings is 3. The number of methoxy groups -OCH3 is 2. The fourth-order valence-corrected chi connectivity index (χ4v) is 4.14. The molecule has 1 unspecified atom stereocenters. The number of carbonyl (C=O) groups excluding carboxylic acids is 2. The minimum Gasteiger partial charge on any atom is -0.507 e. The molecular formula is C27H22F3NO5. The van der Waals surface area contributed by atoms with Gasteiger partial charge in [0.1, 0.15) is 5.76 Å². The summed E-state index contributed by atoms with van der Waals surface area (Å²) in [6.45, 7) is 1.85. The maximum atomic E-state index is 13.4. The lowest BCUT2D eigenvalue weighted by Crippen LogP contribution is -2.29. The monoisotopic (exact) mass is 497 g/mol. The molecule has 6 nitrogen and oxygen atoms in total. The van der Waals surface area contributed by atoms with E-state index in [0.717, 1.165) is 28.7 Å². The number of ketones is 1. The molecule has 3 aromatic rings. The fraction of sp³-hybridized carbons (Fsp3) is 0.185. The summed E-state index contributed by atoms with van der Waals surface area (Å²) in [6, 6.07) is 14.2. The van der Waals surface area contributed by atoms with Crippen molar-refractivity contribution in [2.24, 2.45) is 0 Å². The molecule has 9 heteroatoms. The largest absolute Gasteiger partial charge is 0.507 e. The second-order valence-electron chi connectivity index (χ2n) is 8.20. The van der Waals surface area contributed by atoms with E-state index >= 15 is 0 Å². The number of aryl methyl sites for hydroxylation is 1. The Balaban J connectivity index is 1.97. The van der Waals surface area contributed by atoms with E-state index < -0.39 is 35.2 Å². The molecule has 4 rings (SSSR count). The van der Waals surface area contributed by atoms with Gasteiger partial charge in [0.2, 0.25) is 0 Å². The van der Waals surface area contributed by atoms with Crippen LogP contribution in [0.3, 0.4) is 0 Å². The Morgan fingerprint density at radius 1 is 0.917 bits per heavy atom. The molecule has 1 N–H and O–H groups in total. The molecule has 0 spiro atoms. The van der Waals surface area contributed by atoms with Gasteiger partial charge in [0.05, 0.1) is 31.4 Å². The van der Waals surface area contributed by atoms with Gasteiger partial charge in [-0.05, 0) is 42.8 Å². The number of aliphatic hydroxyl groups excluding tert-OH is 1. The Bertz CT molecular complexity index is 1360. The van der Waals surface area contributed by atoms with Crippen molar-refractivity contribution >= 4 is 23.1 Å². The first kappa shape index (κ1) is 24.8. The number of alkyl halides is 3. The van der Waals surface area contributed by atoms with E-state index in [1.54, 1.807) is 36.4 Å². The molecule has 1 saturated heterocycles. The molecule has 1 amide bonds. The standard InChI is InChI=1S/C27H22F3NO5/c1-15-7-9-16(10-8-15)24(32)22-23(17-11-12-20(35-2)21(13-17)36-3)31(26(34)25(22)33)19-6-4-5-18(14-19)27(28,29)30/h4-14,23,32H,1-3H3. The molecule has 0 bridgehead atoms. The number of anilines is 1. The second kappa shape index (κ2) is 9.41. The van der Waals surface area contributed by atoms with Crippen LogP contribution in [0.15, 0.2) is 72.3 Å². The highest BCUT2D eigenvalue weighted by molar-refractivity contribution is 6.51. The number of hydrogen-bond donors (Lipinski definition) is 1. The van der Waals surface area contributed by atoms with E-state index in [2.05, 4.69) is 0 Å². The summed E-state index contributed by atoms with van der Waals surface area (Å²) in [5.41, 5.74) is 0.146. The molecule has 0 aliphatic carbocycles. The average molecular weight is 497 g/mol. The van der Waals surface area contributed by atoms with Crippen molar-refractivity contribution in [1.29, 1.82) is 0 Å². The Morgan fingerprint density at radius 2 is 1.58 bits per heavy atom. The minimum absolute atomic E-state index is 0.144. The average Bonchev–Trinajstić information content (AvgIpc) is 3.13. The number of ether oxygens (including phenoxy) is 2. The van der Waals surface area contributed by atoms with Crippen molar-refractivity contribution < 1.29 is 37.3 Å². The summed E-state index contributed by atoms with van der Waals surface area (Å²) in [5, 5.41) is 11.2. The second-order valence-corrected chi connectivity index (χ2v) is 8.20. The van der Waals surface area contributed by atoms with E-state index in [1.807, 2.05) is 6.92 Å². The highest BCUT2D eigenvalue weighted by Crippen LogP contribution is 2.45. The van der Waals surface area contributed by atoms with Crippen LogP contribution in [0.5, 0.6) is 11.5 Å². The van der Waals surface area contributed by atoms with Crippen LogP contribution in [-0.4, -0.2) is 31.0 Å². The molecule has 1 aliphatic heterocycles. The summed E-state index contributed by atoms with van der Waals surface area (Å²) in [5.74, 6) is -1.88. The van der Waals surface area contributed by atoms with Crippen LogP contribution in [0.1, 0.15) is 28.3 Å². The van der Waals surface area contributed by atoms with E-state index in [4.69, 9.17) is 9.47 Å². The van der Waals surface area contributed by atoms with Gasteiger partial charge >= 0.3 is 6.18 Å². The molecule has 0 aromatic heterocycles. The first-order chi connectivity index (χ1) is 17.1. The summed E-state index contributed by atoms with van der Waals surface area (Å²) in [6.07, 6.45) is -4.66. The van der Waals surface area contributed by atoms with E-state index in [1.165, 1.54) is 26.4 Å². The van der Waals surface area contributed by atoms with Crippen molar-refractivity contribution in [2.75, 3.05) is 19.1 Å². The third kappa shape index (κ3) is 4.39. The van der Waals surface area contributed by atoms with Crippen LogP contribution < -0.4 is 14.4 Å². The first-order valence-electron chi connectivity index (χ1n) is 10.8. The van der Waals surface area contributed by atoms with Crippen LogP contribution in [0.25, 0.3) is 5.76 Å². The van der Waals surface area contributed by atoms with Gasteiger partial charge in [-0.15, -0.1) is 0 Å². The van der Waals surface area contributed by atoms with E-state index in [-0.39, 0.29) is 22.6 Å². The summed E-state index contributed by atoms with van der Waals surface area (Å²) >= 11 is 0. The minimum atomic E-state index is -4.66. The first-order valence-corrected chi connectivity index (χ1v) is 10.8. The van der Waals surface area contributed by atoms with Gasteiger partial charge in [-0.2, -0.15) is 13.2 Å². The van der Waals surface area contributed by atoms with Crippen LogP contribution in [0.2, 0.25) is 0 Å². The van der Waals surface area contributed by atoms with Gasteiger partial charge in [-0.1, -0.05) is 42.0 Å². The van der Waals surface area contributed by atoms with Gasteiger partial charge in [0.15, 0.2) is 11.5 Å². The number of hydrogen-bond acceptors (Lipinski definition) is 5. The molecular weight excluding hydrogens is 475 g/mol. The third-order valence-electron chi connectivity index (χ3n) is 5.94. The van der Waals surface area contributed by atoms with Crippen molar-refractivity contribution in [2.45, 2.75) is 19.1 Å². The van der Waals surface area contributed by atoms with E-state index in [0.29, 0.717) is 11.3 Å². The van der Waals surface area contributed by atoms with E-state index in [9.17, 15) is 27.9 Å². The molecule has 1 aliphatic rings. The van der Waals surface area contributed by atoms with Crippen molar-refractivity contribution in [3.05, 3.63) is 94.6 Å². The molecule has 3 aromatic carbocycles. The predicted octanol–water partition coefficient (Wildman–Crippen LogP) is 5.66. The normalized spacial score (nSPS) is 17.4. The number of Topliss-reactive ketones (excluding diaryl/α,β-unsaturated/α-hetero) is 1. The number of amides is 1. The SMILES string of the molecule is COc1ccc(C2C(=C(O)c3ccc(C)cc3)C(=O)C(=O)N2c2cccc(C(F)(F)F)c2)cc1OC. The Labute approximate surface area is 205 Å². The number of carbonyl (C=O) groups is 2. The molecule has 1 atom stereocenters. The van der Waals surface area contributed by atoms with Crippen LogP contribution in [0, 0.1) is 6.92 Å². The van der Waals surface area contributed by atoms with Gasteiger partial charge in [0.25, 0.3) is 11.7 Å². The summed E-state index contributed by atoms with van der Waals surface area (Å²) in [4.78, 5) is 27.4. The highest BCUT2D eigenvalue weighted by Gasteiger charge is 2.47. The third-order valence-corrected chi connectivity index (χ3v) is 5.94. The van der Waals surface area contributed by atoms with Gasteiger partial charge in [0, 0.05) is 11.3 Å². The Kier molecular flexibility index (Phi) is 6.49. The predicted molar refractivity (Wildman–Crippen MR) is 127 cm³/mol. The molecule has 1 fully saturated rings. The Morgan fingerprint density at radius 3 is 2.19 bits per heavy atom. The topological polar surface area (TPSA) is 76.1 Å². The van der Waals surface area contributed by atoms with Gasteiger partial charge < -0.3 is 14.6 Å². The fourth-order valence-electron chi connectivity index (χ4n) is 4.14. The number of nitrogens with zero attached hydrogens (tertiary/aromatic N) is 1. The lowest BCUT2D eigenvalue weighted by molar-refractivity contribution is -0.137. The molecule has 0 saturated carbocycles. The number of rotatable bonds is 5. The zero-order valence-electron chi connectivity index (χ0n) is 19.6. The molecule has 1 heterocycles. The smallest absolute Gasteiger partial charge is 0.416 e. The zero-order valence-corrected chi connectivity index (χ0v) is 19.6. The zero-order chi connectivity index (χ0) is 26.2. The molecule has 186 valence electrons. The lowest BCUT2D eigenvalue weighted by atomic mass is 9.94. The summed E-state index contributed by atoms with van der Waals surface area (Å²) in [7, 11) is 2.83.